The summed E-state index contributed by atoms with van der Waals surface area (Å²) in [5.74, 6) is 0.257. The number of rotatable bonds is 13. The Balaban J connectivity index is 1.35. The number of para-hydroxylation sites is 2. The molecule has 2 aliphatic rings. The van der Waals surface area contributed by atoms with Crippen molar-refractivity contribution in [3.05, 3.63) is 58.7 Å². The number of benzene rings is 2. The molecule has 0 bridgehead atoms. The normalized spacial score (nSPS) is 22.7. The third kappa shape index (κ3) is 8.46. The second-order valence-corrected chi connectivity index (χ2v) is 12.9. The molecule has 43 heavy (non-hydrogen) atoms. The lowest BCUT2D eigenvalue weighted by Gasteiger charge is -2.46. The summed E-state index contributed by atoms with van der Waals surface area (Å²) in [7, 11) is 0. The van der Waals surface area contributed by atoms with Crippen LogP contribution in [0.15, 0.2) is 36.4 Å². The quantitative estimate of drug-likeness (QED) is 0.197. The van der Waals surface area contributed by atoms with Crippen molar-refractivity contribution in [3.8, 4) is 0 Å². The summed E-state index contributed by atoms with van der Waals surface area (Å²) in [6, 6.07) is 12.2. The van der Waals surface area contributed by atoms with Gasteiger partial charge >= 0.3 is 0 Å². The third-order valence-corrected chi connectivity index (χ3v) is 9.77. The molecule has 7 heteroatoms. The molecule has 0 aliphatic carbocycles. The number of nitrogens with one attached hydrogen (secondary N) is 2. The average molecular weight is 592 g/mol. The fourth-order valence-corrected chi connectivity index (χ4v) is 7.24. The Morgan fingerprint density at radius 3 is 2.05 bits per heavy atom. The number of ether oxygens (including phenoxy) is 1. The van der Waals surface area contributed by atoms with E-state index in [1.807, 2.05) is 19.1 Å². The van der Waals surface area contributed by atoms with Gasteiger partial charge in [-0.3, -0.25) is 19.0 Å². The number of anilines is 2. The summed E-state index contributed by atoms with van der Waals surface area (Å²) in [6.07, 6.45) is 9.47. The molecule has 0 radical (unpaired) electrons. The van der Waals surface area contributed by atoms with Gasteiger partial charge in [0.15, 0.2) is 12.8 Å². The smallest absolute Gasteiger partial charge is 0.282 e. The van der Waals surface area contributed by atoms with E-state index < -0.39 is 0 Å². The topological polar surface area (TPSA) is 70.7 Å². The van der Waals surface area contributed by atoms with Crippen LogP contribution in [0.2, 0.25) is 0 Å². The molecule has 2 saturated heterocycles. The number of likely N-dealkylation sites (tertiary alicyclic amines) is 2. The summed E-state index contributed by atoms with van der Waals surface area (Å²) in [4.78, 5) is 29.6. The Hall–Kier alpha value is -2.74. The van der Waals surface area contributed by atoms with E-state index in [4.69, 9.17) is 4.74 Å². The van der Waals surface area contributed by atoms with Gasteiger partial charge in [0, 0.05) is 24.4 Å². The van der Waals surface area contributed by atoms with Crippen LogP contribution < -0.4 is 10.6 Å². The maximum Gasteiger partial charge on any atom is 0.282 e. The molecule has 2 aromatic carbocycles. The first-order valence-electron chi connectivity index (χ1n) is 16.7. The van der Waals surface area contributed by atoms with E-state index in [-0.39, 0.29) is 23.9 Å². The number of carbonyl (C=O) groups is 2. The highest BCUT2D eigenvalue weighted by atomic mass is 16.5. The van der Waals surface area contributed by atoms with Gasteiger partial charge in [-0.2, -0.15) is 0 Å². The lowest BCUT2D eigenvalue weighted by atomic mass is 9.96. The number of unbranched alkanes of at least 4 members (excludes halogenated alkanes) is 2. The number of nitrogens with zero attached hydrogens (tertiary/aromatic N) is 2. The van der Waals surface area contributed by atoms with E-state index in [0.717, 1.165) is 122 Å². The Bertz CT molecular complexity index is 1190. The molecule has 2 N–H and O–H groups in total. The fourth-order valence-electron chi connectivity index (χ4n) is 7.24. The van der Waals surface area contributed by atoms with Crippen molar-refractivity contribution in [2.24, 2.45) is 0 Å². The van der Waals surface area contributed by atoms with E-state index in [9.17, 15) is 9.59 Å². The molecule has 2 aromatic rings. The zero-order valence-electron chi connectivity index (χ0n) is 27.3. The largest absolute Gasteiger partial charge is 0.332 e. The van der Waals surface area contributed by atoms with Gasteiger partial charge in [-0.15, -0.1) is 0 Å². The van der Waals surface area contributed by atoms with E-state index >= 15 is 0 Å². The van der Waals surface area contributed by atoms with Gasteiger partial charge in [-0.25, -0.2) is 0 Å². The van der Waals surface area contributed by atoms with Crippen LogP contribution in [0, 0.1) is 27.7 Å². The molecule has 2 aliphatic heterocycles. The van der Waals surface area contributed by atoms with Crippen LogP contribution in [0.5, 0.6) is 0 Å². The summed E-state index contributed by atoms with van der Waals surface area (Å²) in [5, 5.41) is 6.56. The van der Waals surface area contributed by atoms with Gasteiger partial charge < -0.3 is 15.4 Å². The molecule has 7 nitrogen and oxygen atoms in total. The van der Waals surface area contributed by atoms with Crippen molar-refractivity contribution < 1.29 is 18.8 Å². The zero-order valence-corrected chi connectivity index (χ0v) is 27.3. The van der Waals surface area contributed by atoms with Crippen LogP contribution in [0.4, 0.5) is 11.4 Å². The molecular weight excluding hydrogens is 536 g/mol. The van der Waals surface area contributed by atoms with Crippen molar-refractivity contribution in [2.75, 3.05) is 50.2 Å². The maximum atomic E-state index is 13.8. The van der Waals surface area contributed by atoms with Crippen LogP contribution in [-0.4, -0.2) is 72.8 Å². The SMILES string of the molecule is CCOC[N+]1(CCCCCN2CCCCC2C(=O)Nc2c(C)cccc2C)CCCCC1C(=O)Nc1c(C)cccc1C. The molecule has 2 amide bonds. The molecule has 4 rings (SSSR count). The van der Waals surface area contributed by atoms with E-state index in [2.05, 4.69) is 67.5 Å². The van der Waals surface area contributed by atoms with Crippen LogP contribution in [0.25, 0.3) is 0 Å². The van der Waals surface area contributed by atoms with Gasteiger partial charge in [0.25, 0.3) is 5.91 Å². The lowest BCUT2D eigenvalue weighted by molar-refractivity contribution is -0.964. The fraction of sp³-hybridized carbons (Fsp3) is 0.611. The first kappa shape index (κ1) is 33.2. The van der Waals surface area contributed by atoms with Gasteiger partial charge in [0.1, 0.15) is 0 Å². The molecule has 0 aromatic heterocycles. The summed E-state index contributed by atoms with van der Waals surface area (Å²) < 4.78 is 6.77. The van der Waals surface area contributed by atoms with Crippen molar-refractivity contribution in [2.45, 2.75) is 104 Å². The Kier molecular flexibility index (Phi) is 12.2. The molecule has 236 valence electrons. The van der Waals surface area contributed by atoms with Gasteiger partial charge in [-0.1, -0.05) is 42.8 Å². The first-order valence-corrected chi connectivity index (χ1v) is 16.7. The summed E-state index contributed by atoms with van der Waals surface area (Å²) >= 11 is 0. The van der Waals surface area contributed by atoms with E-state index in [1.165, 1.54) is 0 Å². The van der Waals surface area contributed by atoms with Crippen LogP contribution >= 0.6 is 0 Å². The summed E-state index contributed by atoms with van der Waals surface area (Å²) in [5.41, 5.74) is 6.33. The third-order valence-electron chi connectivity index (χ3n) is 9.77. The minimum absolute atomic E-state index is 0.0656. The van der Waals surface area contributed by atoms with Crippen molar-refractivity contribution in [1.29, 1.82) is 0 Å². The number of aryl methyl sites for hydroxylation is 4. The standard InChI is InChI=1S/C36H54N4O3/c1-6-43-26-40(25-13-9-21-32(40)36(42)38-34-29(4)18-15-19-30(34)5)24-12-7-10-22-39-23-11-8-20-31(39)35(41)37-33-27(2)16-14-17-28(33)3/h14-19,31-32H,6-13,20-26H2,1-5H3,(H-,37,38,41,42)/p+1. The van der Waals surface area contributed by atoms with E-state index in [0.29, 0.717) is 13.3 Å². The molecule has 2 fully saturated rings. The zero-order chi connectivity index (χ0) is 30.8. The minimum atomic E-state index is -0.0978. The molecular formula is C36H55N4O3+. The van der Waals surface area contributed by atoms with Crippen molar-refractivity contribution in [1.82, 2.24) is 4.90 Å². The van der Waals surface area contributed by atoms with E-state index in [1.54, 1.807) is 0 Å². The number of piperidine rings is 2. The Labute approximate surface area is 260 Å². The molecule has 0 spiro atoms. The Morgan fingerprint density at radius 1 is 0.814 bits per heavy atom. The monoisotopic (exact) mass is 591 g/mol. The number of hydrogen-bond acceptors (Lipinski definition) is 4. The molecule has 2 heterocycles. The predicted molar refractivity (Wildman–Crippen MR) is 176 cm³/mol. The highest BCUT2D eigenvalue weighted by molar-refractivity contribution is 5.96. The minimum Gasteiger partial charge on any atom is -0.332 e. The van der Waals surface area contributed by atoms with Crippen molar-refractivity contribution in [3.63, 3.8) is 0 Å². The van der Waals surface area contributed by atoms with Gasteiger partial charge in [0.05, 0.1) is 19.1 Å². The highest BCUT2D eigenvalue weighted by Crippen LogP contribution is 2.30. The van der Waals surface area contributed by atoms with Crippen LogP contribution in [0.1, 0.15) is 87.0 Å². The Morgan fingerprint density at radius 2 is 1.42 bits per heavy atom. The number of amides is 2. The molecule has 3 unspecified atom stereocenters. The second kappa shape index (κ2) is 15.8. The molecule has 0 saturated carbocycles. The lowest BCUT2D eigenvalue weighted by Crippen LogP contribution is -2.63. The van der Waals surface area contributed by atoms with Crippen molar-refractivity contribution >= 4 is 23.2 Å². The van der Waals surface area contributed by atoms with Crippen LogP contribution in [-0.2, 0) is 14.3 Å². The maximum absolute atomic E-state index is 13.8. The van der Waals surface area contributed by atoms with Gasteiger partial charge in [-0.05, 0) is 115 Å². The number of carbonyl (C=O) groups excluding carboxylic acids is 2. The van der Waals surface area contributed by atoms with Gasteiger partial charge in [0.2, 0.25) is 5.91 Å². The summed E-state index contributed by atoms with van der Waals surface area (Å²) in [6.45, 7) is 15.4. The number of hydrogen-bond donors (Lipinski definition) is 2. The average Bonchev–Trinajstić information content (AvgIpc) is 3.00. The molecule has 3 atom stereocenters. The first-order chi connectivity index (χ1) is 20.8. The number of quaternary nitrogens is 1. The highest BCUT2D eigenvalue weighted by Gasteiger charge is 2.44. The predicted octanol–water partition coefficient (Wildman–Crippen LogP) is 6.89. The van der Waals surface area contributed by atoms with Crippen LogP contribution in [0.3, 0.4) is 0 Å². The second-order valence-electron chi connectivity index (χ2n) is 12.9.